The van der Waals surface area contributed by atoms with Crippen molar-refractivity contribution in [1.29, 1.82) is 0 Å². The number of carbonyl (C=O) groups is 1. The minimum Gasteiger partial charge on any atom is -0.444 e. The van der Waals surface area contributed by atoms with E-state index in [1.165, 1.54) is 5.56 Å². The first-order chi connectivity index (χ1) is 10.9. The number of imidazole rings is 1. The molecule has 0 spiro atoms. The molecule has 4 rings (SSSR count). The predicted octanol–water partition coefficient (Wildman–Crippen LogP) is 2.19. The second-order valence-electron chi connectivity index (χ2n) is 7.19. The largest absolute Gasteiger partial charge is 0.444 e. The highest BCUT2D eigenvalue weighted by Crippen LogP contribution is 2.32. The molecule has 0 radical (unpaired) electrons. The molecule has 2 aliphatic heterocycles. The number of hydrogen-bond donors (Lipinski definition) is 1. The molecule has 2 aromatic rings. The first-order valence-corrected chi connectivity index (χ1v) is 7.98. The number of rotatable bonds is 1. The molecule has 2 aromatic heterocycles. The third-order valence-electron chi connectivity index (χ3n) is 4.28. The van der Waals surface area contributed by atoms with Crippen molar-refractivity contribution in [2.75, 3.05) is 25.0 Å². The predicted molar refractivity (Wildman–Crippen MR) is 86.6 cm³/mol. The van der Waals surface area contributed by atoms with E-state index in [-0.39, 0.29) is 12.1 Å². The molecule has 0 aromatic carbocycles. The smallest absolute Gasteiger partial charge is 0.410 e. The fourth-order valence-electron chi connectivity index (χ4n) is 3.17. The van der Waals surface area contributed by atoms with E-state index in [0.717, 1.165) is 29.8 Å². The van der Waals surface area contributed by atoms with Crippen LogP contribution >= 0.6 is 0 Å². The molecule has 0 saturated carbocycles. The lowest BCUT2D eigenvalue weighted by atomic mass is 10.1. The van der Waals surface area contributed by atoms with Crippen molar-refractivity contribution in [3.63, 3.8) is 0 Å². The number of nitrogens with one attached hydrogen (secondary N) is 1. The molecule has 7 nitrogen and oxygen atoms in total. The van der Waals surface area contributed by atoms with Gasteiger partial charge in [0.1, 0.15) is 16.9 Å². The van der Waals surface area contributed by atoms with Crippen molar-refractivity contribution < 1.29 is 9.53 Å². The van der Waals surface area contributed by atoms with Crippen LogP contribution in [0.1, 0.15) is 32.4 Å². The minimum atomic E-state index is -0.456. The topological polar surface area (TPSA) is 72.3 Å². The summed E-state index contributed by atoms with van der Waals surface area (Å²) >= 11 is 0. The molecule has 0 unspecified atom stereocenters. The van der Waals surface area contributed by atoms with E-state index in [2.05, 4.69) is 19.9 Å². The average Bonchev–Trinajstić information content (AvgIpc) is 2.99. The molecule has 4 heterocycles. The lowest BCUT2D eigenvalue weighted by molar-refractivity contribution is 0.00150. The molecule has 7 heteroatoms. The molecule has 2 aliphatic rings. The highest BCUT2D eigenvalue weighted by molar-refractivity contribution is 5.84. The van der Waals surface area contributed by atoms with Gasteiger partial charge in [-0.2, -0.15) is 0 Å². The Morgan fingerprint density at radius 1 is 1.35 bits per heavy atom. The van der Waals surface area contributed by atoms with Gasteiger partial charge in [-0.3, -0.25) is 0 Å². The molecule has 0 aliphatic carbocycles. The third kappa shape index (κ3) is 2.40. The average molecular weight is 315 g/mol. The molecule has 122 valence electrons. The van der Waals surface area contributed by atoms with Gasteiger partial charge in [0.25, 0.3) is 0 Å². The minimum absolute atomic E-state index is 0.244. The monoisotopic (exact) mass is 315 g/mol. The van der Waals surface area contributed by atoms with Crippen LogP contribution < -0.4 is 5.32 Å². The van der Waals surface area contributed by atoms with Crippen molar-refractivity contribution in [2.45, 2.75) is 38.8 Å². The van der Waals surface area contributed by atoms with Crippen LogP contribution in [-0.2, 0) is 11.2 Å². The quantitative estimate of drug-likeness (QED) is 0.873. The Morgan fingerprint density at radius 2 is 2.13 bits per heavy atom. The van der Waals surface area contributed by atoms with Gasteiger partial charge in [-0.05, 0) is 27.2 Å². The van der Waals surface area contributed by atoms with Crippen LogP contribution in [0, 0.1) is 0 Å². The van der Waals surface area contributed by atoms with Crippen LogP contribution in [0.5, 0.6) is 0 Å². The molecule has 0 bridgehead atoms. The maximum absolute atomic E-state index is 12.1. The van der Waals surface area contributed by atoms with Gasteiger partial charge in [0, 0.05) is 25.2 Å². The van der Waals surface area contributed by atoms with E-state index in [9.17, 15) is 4.79 Å². The second-order valence-corrected chi connectivity index (χ2v) is 7.19. The fraction of sp³-hybridized carbons (Fsp3) is 0.562. The normalized spacial score (nSPS) is 17.8. The fourth-order valence-corrected chi connectivity index (χ4v) is 3.17. The van der Waals surface area contributed by atoms with Crippen molar-refractivity contribution in [1.82, 2.24) is 19.4 Å². The van der Waals surface area contributed by atoms with Gasteiger partial charge in [0.2, 0.25) is 0 Å². The van der Waals surface area contributed by atoms with Crippen molar-refractivity contribution >= 4 is 22.9 Å². The van der Waals surface area contributed by atoms with Crippen LogP contribution in [0.25, 0.3) is 11.0 Å². The maximum atomic E-state index is 12.1. The number of amides is 1. The summed E-state index contributed by atoms with van der Waals surface area (Å²) in [4.78, 5) is 22.7. The summed E-state index contributed by atoms with van der Waals surface area (Å²) in [6.45, 7) is 7.88. The summed E-state index contributed by atoms with van der Waals surface area (Å²) in [6.07, 6.45) is 4.40. The number of ether oxygens (including phenoxy) is 1. The van der Waals surface area contributed by atoms with E-state index < -0.39 is 5.60 Å². The van der Waals surface area contributed by atoms with Gasteiger partial charge >= 0.3 is 6.09 Å². The zero-order chi connectivity index (χ0) is 16.2. The van der Waals surface area contributed by atoms with Crippen LogP contribution in [-0.4, -0.2) is 50.8 Å². The lowest BCUT2D eigenvalue weighted by Gasteiger charge is -2.40. The number of pyridine rings is 1. The second kappa shape index (κ2) is 4.84. The molecule has 1 N–H and O–H groups in total. The van der Waals surface area contributed by atoms with Gasteiger partial charge in [0.05, 0.1) is 24.1 Å². The van der Waals surface area contributed by atoms with Gasteiger partial charge in [0.15, 0.2) is 0 Å². The molecule has 23 heavy (non-hydrogen) atoms. The zero-order valence-electron chi connectivity index (χ0n) is 13.7. The van der Waals surface area contributed by atoms with Crippen LogP contribution in [0.4, 0.5) is 10.6 Å². The van der Waals surface area contributed by atoms with E-state index >= 15 is 0 Å². The molecule has 1 saturated heterocycles. The summed E-state index contributed by atoms with van der Waals surface area (Å²) in [5, 5.41) is 3.30. The van der Waals surface area contributed by atoms with E-state index in [4.69, 9.17) is 4.74 Å². The number of likely N-dealkylation sites (tertiary alicyclic amines) is 1. The van der Waals surface area contributed by atoms with Gasteiger partial charge < -0.3 is 19.5 Å². The Hall–Kier alpha value is -2.31. The number of aromatic nitrogens is 3. The summed E-state index contributed by atoms with van der Waals surface area (Å²) in [5.41, 5.74) is 2.84. The summed E-state index contributed by atoms with van der Waals surface area (Å²) in [7, 11) is 0. The number of anilines is 1. The Kier molecular flexibility index (Phi) is 3.01. The lowest BCUT2D eigenvalue weighted by Crippen LogP contribution is -2.52. The first kappa shape index (κ1) is 14.3. The molecular formula is C16H21N5O2. The molecule has 1 fully saturated rings. The van der Waals surface area contributed by atoms with E-state index in [0.29, 0.717) is 13.1 Å². The highest BCUT2D eigenvalue weighted by Gasteiger charge is 2.36. The zero-order valence-corrected chi connectivity index (χ0v) is 13.7. The highest BCUT2D eigenvalue weighted by atomic mass is 16.6. The van der Waals surface area contributed by atoms with Crippen LogP contribution in [0.15, 0.2) is 12.5 Å². The Bertz CT molecular complexity index is 771. The standard InChI is InChI=1S/C16H21N5O2/c1-16(2,3)23-15(22)20-7-10(8-20)21-9-19-12-6-18-14-11(13(12)21)4-5-17-14/h6,9-10H,4-5,7-8H2,1-3H3,(H,17,18). The maximum Gasteiger partial charge on any atom is 0.410 e. The van der Waals surface area contributed by atoms with Gasteiger partial charge in [-0.1, -0.05) is 0 Å². The summed E-state index contributed by atoms with van der Waals surface area (Å²) < 4.78 is 7.60. The first-order valence-electron chi connectivity index (χ1n) is 7.98. The Labute approximate surface area is 134 Å². The van der Waals surface area contributed by atoms with Gasteiger partial charge in [-0.15, -0.1) is 0 Å². The number of hydrogen-bond acceptors (Lipinski definition) is 5. The number of nitrogens with zero attached hydrogens (tertiary/aromatic N) is 4. The van der Waals surface area contributed by atoms with Gasteiger partial charge in [-0.25, -0.2) is 14.8 Å². The Balaban J connectivity index is 1.54. The van der Waals surface area contributed by atoms with Crippen molar-refractivity contribution in [3.8, 4) is 0 Å². The van der Waals surface area contributed by atoms with Crippen molar-refractivity contribution in [2.24, 2.45) is 0 Å². The molecule has 0 atom stereocenters. The van der Waals surface area contributed by atoms with Crippen LogP contribution in [0.2, 0.25) is 0 Å². The summed E-state index contributed by atoms with van der Waals surface area (Å²) in [5.74, 6) is 0.961. The van der Waals surface area contributed by atoms with E-state index in [1.807, 2.05) is 33.3 Å². The van der Waals surface area contributed by atoms with Crippen LogP contribution in [0.3, 0.4) is 0 Å². The van der Waals surface area contributed by atoms with E-state index in [1.54, 1.807) is 4.90 Å². The Morgan fingerprint density at radius 3 is 2.87 bits per heavy atom. The SMILES string of the molecule is CC(C)(C)OC(=O)N1CC(n2cnc3cnc4c(c32)CCN4)C1. The number of fused-ring (bicyclic) bond motifs is 3. The third-order valence-corrected chi connectivity index (χ3v) is 4.28. The van der Waals surface area contributed by atoms with Crippen molar-refractivity contribution in [3.05, 3.63) is 18.1 Å². The molecule has 1 amide bonds. The molecular weight excluding hydrogens is 294 g/mol. The summed E-state index contributed by atoms with van der Waals surface area (Å²) in [6, 6.07) is 0.250. The number of carbonyl (C=O) groups excluding carboxylic acids is 1.